The van der Waals surface area contributed by atoms with E-state index in [2.05, 4.69) is 5.10 Å². The molecule has 0 spiro atoms. The summed E-state index contributed by atoms with van der Waals surface area (Å²) in [5.74, 6) is 0.418. The normalized spacial score (nSPS) is 10.4. The molecule has 0 saturated heterocycles. The first-order valence-electron chi connectivity index (χ1n) is 10.3. The van der Waals surface area contributed by atoms with Crippen molar-refractivity contribution in [1.29, 1.82) is 0 Å². The number of rotatable bonds is 7. The molecule has 3 aromatic carbocycles. The second kappa shape index (κ2) is 9.91. The van der Waals surface area contributed by atoms with Crippen molar-refractivity contribution >= 4 is 11.9 Å². The fourth-order valence-corrected chi connectivity index (χ4v) is 3.44. The maximum atomic E-state index is 12.8. The van der Waals surface area contributed by atoms with Gasteiger partial charge in [0, 0.05) is 5.56 Å². The number of nitrogens with zero attached hydrogens (tertiary/aromatic N) is 2. The molecule has 0 bridgehead atoms. The molecule has 0 fully saturated rings. The third-order valence-corrected chi connectivity index (χ3v) is 5.06. The molecule has 34 heavy (non-hydrogen) atoms. The topological polar surface area (TPSA) is 88.9 Å². The number of carbonyl (C=O) groups is 2. The molecular formula is C26H22N2O6. The summed E-state index contributed by atoms with van der Waals surface area (Å²) < 4.78 is 22.5. The summed E-state index contributed by atoms with van der Waals surface area (Å²) >= 11 is 0. The molecule has 0 amide bonds. The Morgan fingerprint density at radius 2 is 1.41 bits per heavy atom. The second-order valence-corrected chi connectivity index (χ2v) is 7.11. The largest absolute Gasteiger partial charge is 0.497 e. The molecular weight excluding hydrogens is 436 g/mol. The lowest BCUT2D eigenvalue weighted by Gasteiger charge is -2.08. The highest BCUT2D eigenvalue weighted by Gasteiger charge is 2.31. The van der Waals surface area contributed by atoms with Gasteiger partial charge in [-0.2, -0.15) is 5.10 Å². The Morgan fingerprint density at radius 3 is 2.06 bits per heavy atom. The first-order chi connectivity index (χ1) is 16.5. The Balaban J connectivity index is 1.83. The number of benzene rings is 3. The minimum Gasteiger partial charge on any atom is -0.497 e. The van der Waals surface area contributed by atoms with Crippen LogP contribution in [0.2, 0.25) is 0 Å². The number of hydrogen-bond acceptors (Lipinski definition) is 7. The average molecular weight is 458 g/mol. The molecule has 0 atom stereocenters. The zero-order valence-corrected chi connectivity index (χ0v) is 18.8. The standard InChI is InChI=1S/C26H22N2O6/c1-31-19-12-14-20(15-13-19)34-21-11-7-8-17(16-21)23-22(25(29)32-2)24(26(30)33-3)28(27-23)18-9-5-4-6-10-18/h4-16H,1-3H3. The van der Waals surface area contributed by atoms with Crippen molar-refractivity contribution < 1.29 is 28.5 Å². The van der Waals surface area contributed by atoms with Gasteiger partial charge in [0.15, 0.2) is 5.69 Å². The lowest BCUT2D eigenvalue weighted by molar-refractivity contribution is 0.0549. The smallest absolute Gasteiger partial charge is 0.357 e. The van der Waals surface area contributed by atoms with E-state index in [-0.39, 0.29) is 17.0 Å². The third kappa shape index (κ3) is 4.47. The average Bonchev–Trinajstić information content (AvgIpc) is 3.30. The first-order valence-corrected chi connectivity index (χ1v) is 10.3. The van der Waals surface area contributed by atoms with Crippen molar-refractivity contribution in [3.63, 3.8) is 0 Å². The molecule has 0 radical (unpaired) electrons. The predicted molar refractivity (Wildman–Crippen MR) is 125 cm³/mol. The van der Waals surface area contributed by atoms with Gasteiger partial charge >= 0.3 is 11.9 Å². The highest BCUT2D eigenvalue weighted by Crippen LogP contribution is 2.32. The van der Waals surface area contributed by atoms with E-state index in [0.717, 1.165) is 0 Å². The van der Waals surface area contributed by atoms with E-state index < -0.39 is 11.9 Å². The number of para-hydroxylation sites is 1. The van der Waals surface area contributed by atoms with Crippen LogP contribution in [0, 0.1) is 0 Å². The second-order valence-electron chi connectivity index (χ2n) is 7.11. The van der Waals surface area contributed by atoms with Crippen LogP contribution < -0.4 is 9.47 Å². The quantitative estimate of drug-likeness (QED) is 0.364. The molecule has 0 aliphatic rings. The zero-order valence-electron chi connectivity index (χ0n) is 18.8. The summed E-state index contributed by atoms with van der Waals surface area (Å²) in [5.41, 5.74) is 1.38. The molecule has 0 aliphatic heterocycles. The van der Waals surface area contributed by atoms with Crippen LogP contribution in [0.15, 0.2) is 78.9 Å². The van der Waals surface area contributed by atoms with E-state index in [1.54, 1.807) is 79.9 Å². The summed E-state index contributed by atoms with van der Waals surface area (Å²) in [7, 11) is 4.08. The van der Waals surface area contributed by atoms with Crippen LogP contribution >= 0.6 is 0 Å². The van der Waals surface area contributed by atoms with Crippen molar-refractivity contribution in [3.05, 3.63) is 90.1 Å². The molecule has 8 heteroatoms. The molecule has 172 valence electrons. The van der Waals surface area contributed by atoms with Crippen molar-refractivity contribution in [3.8, 4) is 34.2 Å². The number of ether oxygens (including phenoxy) is 4. The van der Waals surface area contributed by atoms with E-state index in [0.29, 0.717) is 28.5 Å². The Morgan fingerprint density at radius 1 is 0.735 bits per heavy atom. The SMILES string of the molecule is COC(=O)c1c(-c2cccc(Oc3ccc(OC)cc3)c2)nn(-c2ccccc2)c1C(=O)OC. The van der Waals surface area contributed by atoms with Crippen LogP contribution in [0.5, 0.6) is 17.2 Å². The molecule has 4 aromatic rings. The summed E-state index contributed by atoms with van der Waals surface area (Å²) in [5, 5.41) is 4.60. The maximum Gasteiger partial charge on any atom is 0.357 e. The highest BCUT2D eigenvalue weighted by atomic mass is 16.5. The van der Waals surface area contributed by atoms with E-state index >= 15 is 0 Å². The minimum absolute atomic E-state index is 0.000185. The number of carbonyl (C=O) groups excluding carboxylic acids is 2. The Bertz CT molecular complexity index is 1310. The molecule has 1 aromatic heterocycles. The Hall–Kier alpha value is -4.59. The van der Waals surface area contributed by atoms with Crippen LogP contribution in [0.3, 0.4) is 0 Å². The van der Waals surface area contributed by atoms with Gasteiger partial charge in [-0.1, -0.05) is 30.3 Å². The van der Waals surface area contributed by atoms with Gasteiger partial charge in [0.1, 0.15) is 28.5 Å². The van der Waals surface area contributed by atoms with Gasteiger partial charge in [-0.15, -0.1) is 0 Å². The van der Waals surface area contributed by atoms with Gasteiger partial charge in [0.25, 0.3) is 0 Å². The van der Waals surface area contributed by atoms with E-state index in [1.807, 2.05) is 6.07 Å². The van der Waals surface area contributed by atoms with Gasteiger partial charge in [0.2, 0.25) is 0 Å². The molecule has 0 aliphatic carbocycles. The third-order valence-electron chi connectivity index (χ3n) is 5.06. The molecule has 0 saturated carbocycles. The lowest BCUT2D eigenvalue weighted by Crippen LogP contribution is -2.15. The fourth-order valence-electron chi connectivity index (χ4n) is 3.44. The molecule has 1 heterocycles. The number of hydrogen-bond donors (Lipinski definition) is 0. The van der Waals surface area contributed by atoms with Crippen LogP contribution in [-0.4, -0.2) is 43.0 Å². The minimum atomic E-state index is -0.714. The van der Waals surface area contributed by atoms with Gasteiger partial charge in [0.05, 0.1) is 27.0 Å². The number of aromatic nitrogens is 2. The molecule has 0 N–H and O–H groups in total. The van der Waals surface area contributed by atoms with Gasteiger partial charge in [-0.3, -0.25) is 0 Å². The van der Waals surface area contributed by atoms with Crippen molar-refractivity contribution in [2.24, 2.45) is 0 Å². The van der Waals surface area contributed by atoms with Gasteiger partial charge < -0.3 is 18.9 Å². The fraction of sp³-hybridized carbons (Fsp3) is 0.115. The van der Waals surface area contributed by atoms with Crippen LogP contribution in [0.1, 0.15) is 20.8 Å². The lowest BCUT2D eigenvalue weighted by atomic mass is 10.1. The summed E-state index contributed by atoms with van der Waals surface area (Å²) in [6.45, 7) is 0. The van der Waals surface area contributed by atoms with Gasteiger partial charge in [-0.05, 0) is 48.5 Å². The predicted octanol–water partition coefficient (Wildman–Crippen LogP) is 4.91. The summed E-state index contributed by atoms with van der Waals surface area (Å²) in [6.07, 6.45) is 0. The van der Waals surface area contributed by atoms with Crippen LogP contribution in [0.4, 0.5) is 0 Å². The van der Waals surface area contributed by atoms with Crippen LogP contribution in [-0.2, 0) is 9.47 Å². The van der Waals surface area contributed by atoms with E-state index in [4.69, 9.17) is 18.9 Å². The van der Waals surface area contributed by atoms with Crippen molar-refractivity contribution in [2.45, 2.75) is 0 Å². The van der Waals surface area contributed by atoms with E-state index in [9.17, 15) is 9.59 Å². The van der Waals surface area contributed by atoms with Crippen molar-refractivity contribution in [1.82, 2.24) is 9.78 Å². The Kier molecular flexibility index (Phi) is 6.59. The van der Waals surface area contributed by atoms with E-state index in [1.165, 1.54) is 18.9 Å². The monoisotopic (exact) mass is 458 g/mol. The maximum absolute atomic E-state index is 12.8. The van der Waals surface area contributed by atoms with Crippen molar-refractivity contribution in [2.75, 3.05) is 21.3 Å². The first kappa shape index (κ1) is 22.6. The number of esters is 2. The molecule has 4 rings (SSSR count). The molecule has 8 nitrogen and oxygen atoms in total. The summed E-state index contributed by atoms with van der Waals surface area (Å²) in [6, 6.07) is 23.2. The molecule has 0 unspecified atom stereocenters. The zero-order chi connectivity index (χ0) is 24.1. The Labute approximate surface area is 196 Å². The summed E-state index contributed by atoms with van der Waals surface area (Å²) in [4.78, 5) is 25.5. The number of methoxy groups -OCH3 is 3. The van der Waals surface area contributed by atoms with Gasteiger partial charge in [-0.25, -0.2) is 14.3 Å². The van der Waals surface area contributed by atoms with Crippen LogP contribution in [0.25, 0.3) is 16.9 Å². The highest BCUT2D eigenvalue weighted by molar-refractivity contribution is 6.06.